The summed E-state index contributed by atoms with van der Waals surface area (Å²) >= 11 is 2.37. The monoisotopic (exact) mass is 386 g/mol. The molecule has 1 aromatic heterocycles. The minimum absolute atomic E-state index is 0.0267. The molecule has 0 saturated carbocycles. The van der Waals surface area contributed by atoms with Gasteiger partial charge < -0.3 is 4.42 Å². The summed E-state index contributed by atoms with van der Waals surface area (Å²) in [5.74, 6) is 0.873. The topological polar surface area (TPSA) is 30.2 Å². The first-order valence-electron chi connectivity index (χ1n) is 6.69. The Kier molecular flexibility index (Phi) is 2.79. The van der Waals surface area contributed by atoms with E-state index in [1.807, 2.05) is 36.4 Å². The van der Waals surface area contributed by atoms with Crippen molar-refractivity contribution in [2.45, 2.75) is 5.41 Å². The highest BCUT2D eigenvalue weighted by Gasteiger charge is 2.43. The van der Waals surface area contributed by atoms with Gasteiger partial charge in [0.15, 0.2) is 5.78 Å². The minimum Gasteiger partial charge on any atom is -0.465 e. The van der Waals surface area contributed by atoms with Gasteiger partial charge >= 0.3 is 0 Å². The lowest BCUT2D eigenvalue weighted by Crippen LogP contribution is -2.23. The quantitative estimate of drug-likeness (QED) is 0.675. The summed E-state index contributed by atoms with van der Waals surface area (Å²) in [6.07, 6.45) is 8.95. The van der Waals surface area contributed by atoms with Crippen LogP contribution in [0.5, 0.6) is 0 Å². The molecule has 0 aliphatic heterocycles. The van der Waals surface area contributed by atoms with E-state index in [2.05, 4.69) is 34.7 Å². The Morgan fingerprint density at radius 1 is 1.00 bits per heavy atom. The predicted octanol–water partition coefficient (Wildman–Crippen LogP) is 4.53. The zero-order chi connectivity index (χ0) is 14.4. The maximum absolute atomic E-state index is 11.6. The van der Waals surface area contributed by atoms with E-state index in [0.29, 0.717) is 0 Å². The normalized spacial score (nSPS) is 18.6. The molecule has 0 radical (unpaired) electrons. The van der Waals surface area contributed by atoms with Gasteiger partial charge in [-0.2, -0.15) is 0 Å². The largest absolute Gasteiger partial charge is 0.465 e. The molecule has 1 heterocycles. The first kappa shape index (κ1) is 12.8. The van der Waals surface area contributed by atoms with E-state index < -0.39 is 5.41 Å². The fraction of sp³-hybridized carbons (Fsp3) is 0.0556. The van der Waals surface area contributed by atoms with Crippen LogP contribution in [0.25, 0.3) is 9.15 Å². The molecule has 0 amide bonds. The van der Waals surface area contributed by atoms with Crippen molar-refractivity contribution in [3.63, 3.8) is 0 Å². The van der Waals surface area contributed by atoms with Gasteiger partial charge in [0.1, 0.15) is 5.76 Å². The highest BCUT2D eigenvalue weighted by molar-refractivity contribution is 14.1. The summed E-state index contributed by atoms with van der Waals surface area (Å²) in [5, 5.41) is 0. The molecule has 0 unspecified atom stereocenters. The Morgan fingerprint density at radius 3 is 2.48 bits per heavy atom. The molecule has 21 heavy (non-hydrogen) atoms. The first-order valence-corrected chi connectivity index (χ1v) is 7.77. The second kappa shape index (κ2) is 4.56. The van der Waals surface area contributed by atoms with Crippen LogP contribution in [0.4, 0.5) is 0 Å². The second-order valence-electron chi connectivity index (χ2n) is 5.15. The number of halogens is 1. The minimum atomic E-state index is -0.404. The van der Waals surface area contributed by atoms with Gasteiger partial charge in [-0.05, 0) is 58.0 Å². The van der Waals surface area contributed by atoms with Crippen LogP contribution in [-0.2, 0) is 10.2 Å². The predicted molar refractivity (Wildman–Crippen MR) is 90.9 cm³/mol. The van der Waals surface area contributed by atoms with Crippen LogP contribution in [0.15, 0.2) is 71.4 Å². The average molecular weight is 386 g/mol. The molecule has 3 heteroatoms. The average Bonchev–Trinajstić information content (AvgIpc) is 3.10. The summed E-state index contributed by atoms with van der Waals surface area (Å²) in [6, 6.07) is 12.2. The maximum Gasteiger partial charge on any atom is 0.178 e. The van der Waals surface area contributed by atoms with Crippen LogP contribution in [-0.4, -0.2) is 5.78 Å². The summed E-state index contributed by atoms with van der Waals surface area (Å²) in [7, 11) is 0. The molecule has 0 atom stereocenters. The Labute approximate surface area is 136 Å². The number of hydrogen-bond donors (Lipinski definition) is 0. The Bertz CT molecular complexity index is 807. The van der Waals surface area contributed by atoms with E-state index in [-0.39, 0.29) is 5.78 Å². The van der Waals surface area contributed by atoms with Gasteiger partial charge in [-0.15, -0.1) is 0 Å². The van der Waals surface area contributed by atoms with Gasteiger partial charge in [0.2, 0.25) is 0 Å². The smallest absolute Gasteiger partial charge is 0.178 e. The lowest BCUT2D eigenvalue weighted by molar-refractivity contribution is -0.110. The molecule has 2 aliphatic carbocycles. The van der Waals surface area contributed by atoms with E-state index in [9.17, 15) is 4.79 Å². The number of carbonyl (C=O) groups excluding carboxylic acids is 1. The van der Waals surface area contributed by atoms with Gasteiger partial charge in [0, 0.05) is 9.15 Å². The van der Waals surface area contributed by atoms with Crippen LogP contribution in [0.2, 0.25) is 0 Å². The third kappa shape index (κ3) is 1.73. The number of allylic oxidation sites excluding steroid dienone is 5. The molecule has 4 rings (SSSR count). The van der Waals surface area contributed by atoms with Crippen molar-refractivity contribution >= 4 is 37.5 Å². The first-order chi connectivity index (χ1) is 10.2. The lowest BCUT2D eigenvalue weighted by Gasteiger charge is -2.28. The molecule has 102 valence electrons. The summed E-state index contributed by atoms with van der Waals surface area (Å²) in [6.45, 7) is 0. The fourth-order valence-corrected chi connectivity index (χ4v) is 4.29. The maximum atomic E-state index is 11.6. The van der Waals surface area contributed by atoms with Gasteiger partial charge in [-0.3, -0.25) is 4.79 Å². The van der Waals surface area contributed by atoms with E-state index >= 15 is 0 Å². The zero-order valence-corrected chi connectivity index (χ0v) is 13.2. The van der Waals surface area contributed by atoms with Gasteiger partial charge in [-0.1, -0.05) is 36.4 Å². The third-order valence-corrected chi connectivity index (χ3v) is 5.15. The molecule has 2 aliphatic rings. The van der Waals surface area contributed by atoms with E-state index in [0.717, 1.165) is 11.3 Å². The van der Waals surface area contributed by atoms with Crippen molar-refractivity contribution in [3.05, 3.63) is 83.9 Å². The van der Waals surface area contributed by atoms with E-state index in [4.69, 9.17) is 4.42 Å². The van der Waals surface area contributed by atoms with Crippen LogP contribution >= 0.6 is 22.6 Å². The molecule has 0 saturated heterocycles. The van der Waals surface area contributed by atoms with Crippen molar-refractivity contribution in [1.82, 2.24) is 0 Å². The van der Waals surface area contributed by atoms with Crippen molar-refractivity contribution in [2.24, 2.45) is 0 Å². The van der Waals surface area contributed by atoms with Gasteiger partial charge in [-0.25, -0.2) is 0 Å². The fourth-order valence-electron chi connectivity index (χ4n) is 3.10. The Hall–Kier alpha value is -1.88. The zero-order valence-electron chi connectivity index (χ0n) is 11.0. The molecular weight excluding hydrogens is 375 g/mol. The summed E-state index contributed by atoms with van der Waals surface area (Å²) in [5.41, 5.74) is 3.10. The summed E-state index contributed by atoms with van der Waals surface area (Å²) in [4.78, 5) is 11.6. The lowest BCUT2D eigenvalue weighted by atomic mass is 9.74. The van der Waals surface area contributed by atoms with E-state index in [1.165, 1.54) is 14.7 Å². The number of benzene rings is 1. The molecule has 1 spiro atoms. The molecule has 1 aromatic carbocycles. The van der Waals surface area contributed by atoms with Gasteiger partial charge in [0.05, 0.1) is 11.7 Å². The van der Waals surface area contributed by atoms with Crippen molar-refractivity contribution < 1.29 is 9.21 Å². The van der Waals surface area contributed by atoms with Crippen LogP contribution in [0, 0.1) is 0 Å². The third-order valence-electron chi connectivity index (χ3n) is 4.03. The van der Waals surface area contributed by atoms with Crippen LogP contribution in [0.1, 0.15) is 16.9 Å². The molecular formula is C18H11IO2. The standard InChI is InChI=1S/C18H11IO2/c19-17-13-4-1-2-5-14(13)18(9-7-12(20)8-10-18)16(17)15-6-3-11-21-15/h1-11H. The van der Waals surface area contributed by atoms with Crippen LogP contribution in [0.3, 0.4) is 0 Å². The number of furan rings is 1. The molecule has 0 fully saturated rings. The Balaban J connectivity index is 2.05. The van der Waals surface area contributed by atoms with Crippen molar-refractivity contribution in [3.8, 4) is 0 Å². The van der Waals surface area contributed by atoms with Crippen LogP contribution < -0.4 is 0 Å². The molecule has 2 nitrogen and oxygen atoms in total. The second-order valence-corrected chi connectivity index (χ2v) is 6.23. The number of carbonyl (C=O) groups is 1. The number of fused-ring (bicyclic) bond motifs is 2. The van der Waals surface area contributed by atoms with Crippen molar-refractivity contribution in [2.75, 3.05) is 0 Å². The molecule has 0 bridgehead atoms. The SMILES string of the molecule is O=C1C=CC2(C=C1)C(c1ccco1)=C(I)c1ccccc12. The highest BCUT2D eigenvalue weighted by Crippen LogP contribution is 2.55. The van der Waals surface area contributed by atoms with E-state index in [1.54, 1.807) is 18.4 Å². The number of ketones is 1. The highest BCUT2D eigenvalue weighted by atomic mass is 127. The Morgan fingerprint density at radius 2 is 1.76 bits per heavy atom. The molecule has 0 N–H and O–H groups in total. The van der Waals surface area contributed by atoms with Crippen molar-refractivity contribution in [1.29, 1.82) is 0 Å². The summed E-state index contributed by atoms with van der Waals surface area (Å²) < 4.78 is 6.83. The number of rotatable bonds is 1. The molecule has 2 aromatic rings. The number of hydrogen-bond acceptors (Lipinski definition) is 2. The van der Waals surface area contributed by atoms with Gasteiger partial charge in [0.25, 0.3) is 0 Å².